The lowest BCUT2D eigenvalue weighted by molar-refractivity contribution is -0.140. The number of nitrogens with one attached hydrogen (secondary N) is 1. The fourth-order valence-corrected chi connectivity index (χ4v) is 4.14. The molecule has 0 bridgehead atoms. The first kappa shape index (κ1) is 21.8. The number of hydrogen-bond donors (Lipinski definition) is 2. The summed E-state index contributed by atoms with van der Waals surface area (Å²) in [6, 6.07) is 12.0. The van der Waals surface area contributed by atoms with Gasteiger partial charge in [0.15, 0.2) is 0 Å². The zero-order valence-corrected chi connectivity index (χ0v) is 16.6. The molecular formula is C23H23F3N2O2. The molecule has 0 aromatic heterocycles. The van der Waals surface area contributed by atoms with Crippen LogP contribution in [0.4, 0.5) is 18.9 Å². The maximum Gasteiger partial charge on any atom is 0.417 e. The second-order valence-electron chi connectivity index (χ2n) is 7.90. The summed E-state index contributed by atoms with van der Waals surface area (Å²) in [6.45, 7) is 1.91. The highest BCUT2D eigenvalue weighted by molar-refractivity contribution is 5.97. The molecule has 1 aliphatic carbocycles. The van der Waals surface area contributed by atoms with Gasteiger partial charge in [-0.1, -0.05) is 42.7 Å². The van der Waals surface area contributed by atoms with Gasteiger partial charge in [-0.3, -0.25) is 4.79 Å². The van der Waals surface area contributed by atoms with Crippen LogP contribution >= 0.6 is 0 Å². The van der Waals surface area contributed by atoms with Gasteiger partial charge in [-0.2, -0.15) is 18.4 Å². The molecule has 7 heteroatoms. The molecule has 0 heterocycles. The first-order valence-electron chi connectivity index (χ1n) is 9.84. The molecule has 0 spiro atoms. The highest BCUT2D eigenvalue weighted by Crippen LogP contribution is 2.38. The van der Waals surface area contributed by atoms with E-state index < -0.39 is 28.8 Å². The van der Waals surface area contributed by atoms with Crippen molar-refractivity contribution in [1.82, 2.24) is 0 Å². The third-order valence-corrected chi connectivity index (χ3v) is 5.68. The number of nitrogens with zero attached hydrogens (tertiary/aromatic N) is 1. The predicted octanol–water partition coefficient (Wildman–Crippen LogP) is 4.99. The second-order valence-corrected chi connectivity index (χ2v) is 7.90. The summed E-state index contributed by atoms with van der Waals surface area (Å²) in [5, 5.41) is 22.8. The second kappa shape index (κ2) is 8.49. The van der Waals surface area contributed by atoms with Gasteiger partial charge in [0.05, 0.1) is 17.2 Å². The van der Waals surface area contributed by atoms with Gasteiger partial charge >= 0.3 is 6.18 Å². The predicted molar refractivity (Wildman–Crippen MR) is 107 cm³/mol. The van der Waals surface area contributed by atoms with Crippen LogP contribution in [0.5, 0.6) is 0 Å². The van der Waals surface area contributed by atoms with Gasteiger partial charge in [-0.25, -0.2) is 0 Å². The first-order chi connectivity index (χ1) is 14.1. The summed E-state index contributed by atoms with van der Waals surface area (Å²) in [6.07, 6.45) is -1.51. The number of alkyl halides is 3. The van der Waals surface area contributed by atoms with Crippen LogP contribution in [0.1, 0.15) is 47.9 Å². The Balaban J connectivity index is 1.91. The minimum atomic E-state index is -4.73. The van der Waals surface area contributed by atoms with E-state index in [4.69, 9.17) is 5.26 Å². The Labute approximate surface area is 173 Å². The van der Waals surface area contributed by atoms with Crippen molar-refractivity contribution in [2.24, 2.45) is 5.92 Å². The molecule has 0 saturated heterocycles. The molecule has 0 radical (unpaired) electrons. The summed E-state index contributed by atoms with van der Waals surface area (Å²) < 4.78 is 39.7. The molecule has 1 saturated carbocycles. The standard InChI is InChI=1S/C23H23F3N2O2/c1-15-5-4-6-16(11-15)13-22(30,18-7-2-3-8-18)21(29)28-19-10-9-17(14-27)20(12-19)23(24,25)26/h4-6,9-12,18,30H,2-3,7-8,13H2,1H3,(H,28,29). The first-order valence-corrected chi connectivity index (χ1v) is 9.84. The van der Waals surface area contributed by atoms with Crippen LogP contribution in [0, 0.1) is 24.2 Å². The number of benzene rings is 2. The number of amides is 1. The molecular weight excluding hydrogens is 393 g/mol. The van der Waals surface area contributed by atoms with E-state index in [9.17, 15) is 23.1 Å². The molecule has 1 atom stereocenters. The average Bonchev–Trinajstić information content (AvgIpc) is 3.22. The van der Waals surface area contributed by atoms with Crippen LogP contribution in [0.15, 0.2) is 42.5 Å². The zero-order valence-electron chi connectivity index (χ0n) is 16.6. The van der Waals surface area contributed by atoms with Gasteiger partial charge in [-0.05, 0) is 49.4 Å². The number of carbonyl (C=O) groups is 1. The Morgan fingerprint density at radius 1 is 1.20 bits per heavy atom. The van der Waals surface area contributed by atoms with Gasteiger partial charge < -0.3 is 10.4 Å². The van der Waals surface area contributed by atoms with Crippen molar-refractivity contribution in [3.63, 3.8) is 0 Å². The van der Waals surface area contributed by atoms with E-state index in [-0.39, 0.29) is 18.0 Å². The molecule has 1 fully saturated rings. The molecule has 158 valence electrons. The van der Waals surface area contributed by atoms with E-state index in [0.717, 1.165) is 36.1 Å². The maximum absolute atomic E-state index is 13.2. The van der Waals surface area contributed by atoms with Gasteiger partial charge in [0.1, 0.15) is 5.60 Å². The molecule has 0 aliphatic heterocycles. The Morgan fingerprint density at radius 3 is 2.50 bits per heavy atom. The minimum absolute atomic E-state index is 0.0770. The van der Waals surface area contributed by atoms with Crippen molar-refractivity contribution in [1.29, 1.82) is 5.26 Å². The molecule has 2 aromatic carbocycles. The quantitative estimate of drug-likeness (QED) is 0.721. The van der Waals surface area contributed by atoms with E-state index in [2.05, 4.69) is 5.32 Å². The SMILES string of the molecule is Cc1cccc(CC(O)(C(=O)Nc2ccc(C#N)c(C(F)(F)F)c2)C2CCCC2)c1. The van der Waals surface area contributed by atoms with Crippen LogP contribution in [0.2, 0.25) is 0 Å². The Bertz CT molecular complexity index is 975. The van der Waals surface area contributed by atoms with Crippen molar-refractivity contribution < 1.29 is 23.1 Å². The van der Waals surface area contributed by atoms with E-state index >= 15 is 0 Å². The molecule has 30 heavy (non-hydrogen) atoms. The average molecular weight is 416 g/mol. The van der Waals surface area contributed by atoms with Crippen molar-refractivity contribution in [2.45, 2.75) is 50.8 Å². The number of nitriles is 1. The summed E-state index contributed by atoms with van der Waals surface area (Å²) in [5.41, 5.74) is -1.71. The summed E-state index contributed by atoms with van der Waals surface area (Å²) in [5.74, 6) is -1.01. The highest BCUT2D eigenvalue weighted by atomic mass is 19.4. The van der Waals surface area contributed by atoms with Crippen LogP contribution in [0.25, 0.3) is 0 Å². The Morgan fingerprint density at radius 2 is 1.90 bits per heavy atom. The lowest BCUT2D eigenvalue weighted by Crippen LogP contribution is -2.50. The van der Waals surface area contributed by atoms with Crippen LogP contribution in [-0.2, 0) is 17.4 Å². The number of aryl methyl sites for hydroxylation is 1. The molecule has 1 aliphatic rings. The zero-order chi connectivity index (χ0) is 21.9. The monoisotopic (exact) mass is 416 g/mol. The molecule has 1 unspecified atom stereocenters. The Hall–Kier alpha value is -2.85. The number of anilines is 1. The third-order valence-electron chi connectivity index (χ3n) is 5.68. The van der Waals surface area contributed by atoms with Crippen molar-refractivity contribution in [2.75, 3.05) is 5.32 Å². The lowest BCUT2D eigenvalue weighted by atomic mass is 9.80. The fourth-order valence-electron chi connectivity index (χ4n) is 4.14. The third kappa shape index (κ3) is 4.65. The minimum Gasteiger partial charge on any atom is -0.379 e. The molecule has 1 amide bonds. The smallest absolute Gasteiger partial charge is 0.379 e. The van der Waals surface area contributed by atoms with Crippen molar-refractivity contribution in [3.05, 3.63) is 64.7 Å². The Kier molecular flexibility index (Phi) is 6.18. The molecule has 2 N–H and O–H groups in total. The molecule has 4 nitrogen and oxygen atoms in total. The van der Waals surface area contributed by atoms with Crippen LogP contribution < -0.4 is 5.32 Å². The number of hydrogen-bond acceptors (Lipinski definition) is 3. The maximum atomic E-state index is 13.2. The number of rotatable bonds is 5. The number of aliphatic hydroxyl groups is 1. The summed E-state index contributed by atoms with van der Waals surface area (Å²) in [4.78, 5) is 13.1. The topological polar surface area (TPSA) is 73.1 Å². The van der Waals surface area contributed by atoms with Crippen molar-refractivity contribution in [3.8, 4) is 6.07 Å². The van der Waals surface area contributed by atoms with Gasteiger partial charge in [0.2, 0.25) is 0 Å². The van der Waals surface area contributed by atoms with E-state index in [0.29, 0.717) is 12.8 Å². The van der Waals surface area contributed by atoms with E-state index in [1.165, 1.54) is 12.1 Å². The lowest BCUT2D eigenvalue weighted by Gasteiger charge is -2.33. The molecule has 2 aromatic rings. The van der Waals surface area contributed by atoms with E-state index in [1.807, 2.05) is 31.2 Å². The van der Waals surface area contributed by atoms with Crippen LogP contribution in [0.3, 0.4) is 0 Å². The van der Waals surface area contributed by atoms with Crippen molar-refractivity contribution >= 4 is 11.6 Å². The summed E-state index contributed by atoms with van der Waals surface area (Å²) in [7, 11) is 0. The largest absolute Gasteiger partial charge is 0.417 e. The number of carbonyl (C=O) groups excluding carboxylic acids is 1. The van der Waals surface area contributed by atoms with Gasteiger partial charge in [0, 0.05) is 12.1 Å². The van der Waals surface area contributed by atoms with Crippen LogP contribution in [-0.4, -0.2) is 16.6 Å². The fraction of sp³-hybridized carbons (Fsp3) is 0.391. The highest BCUT2D eigenvalue weighted by Gasteiger charge is 2.45. The van der Waals surface area contributed by atoms with E-state index in [1.54, 1.807) is 0 Å². The number of halogens is 3. The van der Waals surface area contributed by atoms with Gasteiger partial charge in [-0.15, -0.1) is 0 Å². The normalized spacial score (nSPS) is 16.7. The summed E-state index contributed by atoms with van der Waals surface area (Å²) >= 11 is 0. The molecule has 3 rings (SSSR count). The van der Waals surface area contributed by atoms with Gasteiger partial charge in [0.25, 0.3) is 5.91 Å².